The van der Waals surface area contributed by atoms with Gasteiger partial charge >= 0.3 is 12.6 Å². The van der Waals surface area contributed by atoms with E-state index in [1.807, 2.05) is 0 Å². The van der Waals surface area contributed by atoms with Gasteiger partial charge in [-0.15, -0.1) is 0 Å². The van der Waals surface area contributed by atoms with Crippen molar-refractivity contribution in [3.05, 3.63) is 29.8 Å². The molecule has 0 aliphatic heterocycles. The van der Waals surface area contributed by atoms with Crippen LogP contribution in [0.5, 0.6) is 5.75 Å². The van der Waals surface area contributed by atoms with Crippen LogP contribution in [0.15, 0.2) is 24.3 Å². The summed E-state index contributed by atoms with van der Waals surface area (Å²) in [6.45, 7) is 0.913. The smallest absolute Gasteiger partial charge is 0.387 e. The third-order valence-electron chi connectivity index (χ3n) is 2.46. The zero-order chi connectivity index (χ0) is 14.3. The Bertz CT molecular complexity index is 413. The SMILES string of the molecule is CCOC(=O)CNC(C)c1ccccc1OC(F)F. The maximum absolute atomic E-state index is 12.3. The molecule has 1 unspecified atom stereocenters. The van der Waals surface area contributed by atoms with Gasteiger partial charge in [0.15, 0.2) is 0 Å². The van der Waals surface area contributed by atoms with Crippen molar-refractivity contribution in [2.75, 3.05) is 13.2 Å². The fourth-order valence-electron chi connectivity index (χ4n) is 1.60. The van der Waals surface area contributed by atoms with E-state index in [0.717, 1.165) is 0 Å². The lowest BCUT2D eigenvalue weighted by molar-refractivity contribution is -0.142. The largest absolute Gasteiger partial charge is 0.465 e. The van der Waals surface area contributed by atoms with Crippen molar-refractivity contribution in [1.82, 2.24) is 5.32 Å². The molecule has 0 aromatic heterocycles. The summed E-state index contributed by atoms with van der Waals surface area (Å²) in [6.07, 6.45) is 0. The van der Waals surface area contributed by atoms with Crippen LogP contribution in [0, 0.1) is 0 Å². The Morgan fingerprint density at radius 2 is 2.05 bits per heavy atom. The van der Waals surface area contributed by atoms with E-state index in [1.165, 1.54) is 6.07 Å². The van der Waals surface area contributed by atoms with E-state index < -0.39 is 6.61 Å². The number of benzene rings is 1. The highest BCUT2D eigenvalue weighted by Gasteiger charge is 2.15. The lowest BCUT2D eigenvalue weighted by atomic mass is 10.1. The molecule has 106 valence electrons. The van der Waals surface area contributed by atoms with Crippen LogP contribution in [0.25, 0.3) is 0 Å². The van der Waals surface area contributed by atoms with Gasteiger partial charge in [0, 0.05) is 11.6 Å². The molecule has 1 aromatic carbocycles. The monoisotopic (exact) mass is 273 g/mol. The molecule has 0 bridgehead atoms. The van der Waals surface area contributed by atoms with Gasteiger partial charge in [0.05, 0.1) is 13.2 Å². The lowest BCUT2D eigenvalue weighted by Crippen LogP contribution is -2.27. The molecule has 1 N–H and O–H groups in total. The van der Waals surface area contributed by atoms with Crippen molar-refractivity contribution in [2.24, 2.45) is 0 Å². The Kier molecular flexibility index (Phi) is 6.21. The minimum atomic E-state index is -2.88. The first-order valence-electron chi connectivity index (χ1n) is 5.97. The molecule has 0 aliphatic rings. The zero-order valence-electron chi connectivity index (χ0n) is 10.9. The van der Waals surface area contributed by atoms with Crippen LogP contribution < -0.4 is 10.1 Å². The topological polar surface area (TPSA) is 47.6 Å². The second kappa shape index (κ2) is 7.68. The van der Waals surface area contributed by atoms with Crippen molar-refractivity contribution in [3.8, 4) is 5.75 Å². The van der Waals surface area contributed by atoms with Crippen molar-refractivity contribution in [2.45, 2.75) is 26.5 Å². The molecule has 0 spiro atoms. The van der Waals surface area contributed by atoms with E-state index in [-0.39, 0.29) is 24.3 Å². The molecule has 4 nitrogen and oxygen atoms in total. The van der Waals surface area contributed by atoms with Crippen molar-refractivity contribution in [3.63, 3.8) is 0 Å². The van der Waals surface area contributed by atoms with Gasteiger partial charge in [-0.1, -0.05) is 18.2 Å². The quantitative estimate of drug-likeness (QED) is 0.775. The Morgan fingerprint density at radius 3 is 2.68 bits per heavy atom. The van der Waals surface area contributed by atoms with Gasteiger partial charge < -0.3 is 14.8 Å². The Hall–Kier alpha value is -1.69. The van der Waals surface area contributed by atoms with E-state index >= 15 is 0 Å². The number of carbonyl (C=O) groups is 1. The molecule has 1 atom stereocenters. The summed E-state index contributed by atoms with van der Waals surface area (Å²) in [5.41, 5.74) is 0.562. The average Bonchev–Trinajstić information content (AvgIpc) is 2.36. The molecule has 0 amide bonds. The lowest BCUT2D eigenvalue weighted by Gasteiger charge is -2.17. The number of halogens is 2. The number of esters is 1. The van der Waals surface area contributed by atoms with Crippen LogP contribution in [0.2, 0.25) is 0 Å². The predicted octanol–water partition coefficient (Wildman–Crippen LogP) is 2.50. The summed E-state index contributed by atoms with van der Waals surface area (Å²) >= 11 is 0. The van der Waals surface area contributed by atoms with E-state index in [9.17, 15) is 13.6 Å². The highest BCUT2D eigenvalue weighted by atomic mass is 19.3. The van der Waals surface area contributed by atoms with Crippen LogP contribution in [0.3, 0.4) is 0 Å². The van der Waals surface area contributed by atoms with E-state index in [1.54, 1.807) is 32.0 Å². The minimum Gasteiger partial charge on any atom is -0.465 e. The van der Waals surface area contributed by atoms with Gasteiger partial charge in [0.2, 0.25) is 0 Å². The maximum Gasteiger partial charge on any atom is 0.387 e. The fraction of sp³-hybridized carbons (Fsp3) is 0.462. The number of hydrogen-bond donors (Lipinski definition) is 1. The van der Waals surface area contributed by atoms with Gasteiger partial charge in [-0.2, -0.15) is 8.78 Å². The maximum atomic E-state index is 12.3. The third-order valence-corrected chi connectivity index (χ3v) is 2.46. The number of carbonyl (C=O) groups excluding carboxylic acids is 1. The molecule has 0 saturated carbocycles. The fourth-order valence-corrected chi connectivity index (χ4v) is 1.60. The molecular formula is C13H17F2NO3. The summed E-state index contributed by atoms with van der Waals surface area (Å²) < 4.78 is 33.7. The number of rotatable bonds is 7. The normalized spacial score (nSPS) is 12.3. The molecule has 0 heterocycles. The van der Waals surface area contributed by atoms with Crippen LogP contribution in [0.1, 0.15) is 25.5 Å². The molecule has 0 saturated heterocycles. The number of hydrogen-bond acceptors (Lipinski definition) is 4. The van der Waals surface area contributed by atoms with Crippen LogP contribution in [-0.2, 0) is 9.53 Å². The van der Waals surface area contributed by atoms with Crippen LogP contribution >= 0.6 is 0 Å². The number of nitrogens with one attached hydrogen (secondary N) is 1. The predicted molar refractivity (Wildman–Crippen MR) is 66.1 cm³/mol. The molecule has 1 rings (SSSR count). The highest BCUT2D eigenvalue weighted by Crippen LogP contribution is 2.26. The van der Waals surface area contributed by atoms with Gasteiger partial charge in [0.25, 0.3) is 0 Å². The van der Waals surface area contributed by atoms with Crippen LogP contribution in [0.4, 0.5) is 8.78 Å². The second-order valence-electron chi connectivity index (χ2n) is 3.82. The molecule has 19 heavy (non-hydrogen) atoms. The first kappa shape index (κ1) is 15.4. The summed E-state index contributed by atoms with van der Waals surface area (Å²) in [7, 11) is 0. The number of para-hydroxylation sites is 1. The molecule has 6 heteroatoms. The Morgan fingerprint density at radius 1 is 1.37 bits per heavy atom. The standard InChI is InChI=1S/C13H17F2NO3/c1-3-18-12(17)8-16-9(2)10-6-4-5-7-11(10)19-13(14)15/h4-7,9,13,16H,3,8H2,1-2H3. The zero-order valence-corrected chi connectivity index (χ0v) is 10.9. The molecule has 0 fully saturated rings. The second-order valence-corrected chi connectivity index (χ2v) is 3.82. The Labute approximate surface area is 110 Å². The number of ether oxygens (including phenoxy) is 2. The molecular weight excluding hydrogens is 256 g/mol. The summed E-state index contributed by atoms with van der Waals surface area (Å²) in [5.74, 6) is -0.289. The Balaban J connectivity index is 2.65. The molecule has 0 radical (unpaired) electrons. The first-order valence-corrected chi connectivity index (χ1v) is 5.97. The van der Waals surface area contributed by atoms with E-state index in [2.05, 4.69) is 10.1 Å². The molecule has 1 aromatic rings. The minimum absolute atomic E-state index is 0.0119. The summed E-state index contributed by atoms with van der Waals surface area (Å²) in [4.78, 5) is 11.2. The van der Waals surface area contributed by atoms with Crippen molar-refractivity contribution in [1.29, 1.82) is 0 Å². The first-order chi connectivity index (χ1) is 9.04. The average molecular weight is 273 g/mol. The van der Waals surface area contributed by atoms with Crippen LogP contribution in [-0.4, -0.2) is 25.7 Å². The number of alkyl halides is 2. The summed E-state index contributed by atoms with van der Waals surface area (Å²) in [5, 5.41) is 2.90. The van der Waals surface area contributed by atoms with E-state index in [0.29, 0.717) is 12.2 Å². The van der Waals surface area contributed by atoms with Crippen molar-refractivity contribution < 1.29 is 23.0 Å². The van der Waals surface area contributed by atoms with Crippen molar-refractivity contribution >= 4 is 5.97 Å². The van der Waals surface area contributed by atoms with E-state index in [4.69, 9.17) is 4.74 Å². The van der Waals surface area contributed by atoms with Gasteiger partial charge in [0.1, 0.15) is 5.75 Å². The van der Waals surface area contributed by atoms with Gasteiger partial charge in [-0.25, -0.2) is 0 Å². The summed E-state index contributed by atoms with van der Waals surface area (Å²) in [6, 6.07) is 6.15. The highest BCUT2D eigenvalue weighted by molar-refractivity contribution is 5.71. The van der Waals surface area contributed by atoms with Gasteiger partial charge in [-0.3, -0.25) is 4.79 Å². The third kappa shape index (κ3) is 5.21. The van der Waals surface area contributed by atoms with Gasteiger partial charge in [-0.05, 0) is 19.9 Å². The molecule has 0 aliphatic carbocycles.